The molecule has 2 aliphatic rings. The molecule has 2 heterocycles. The lowest BCUT2D eigenvalue weighted by atomic mass is 10.1. The Morgan fingerprint density at radius 2 is 1.94 bits per heavy atom. The molecule has 0 aromatic carbocycles. The first-order chi connectivity index (χ1) is 8.88. The van der Waals surface area contributed by atoms with Crippen molar-refractivity contribution < 1.29 is 14.6 Å². The molecule has 5 heteroatoms. The second-order valence-corrected chi connectivity index (χ2v) is 5.21. The van der Waals surface area contributed by atoms with E-state index < -0.39 is 0 Å². The van der Waals surface area contributed by atoms with Crippen LogP contribution in [0.3, 0.4) is 0 Å². The summed E-state index contributed by atoms with van der Waals surface area (Å²) in [6.07, 6.45) is 1.17. The zero-order valence-corrected chi connectivity index (χ0v) is 11.2. The van der Waals surface area contributed by atoms with E-state index in [0.717, 1.165) is 65.7 Å². The summed E-state index contributed by atoms with van der Waals surface area (Å²) in [5, 5.41) is 9.14. The van der Waals surface area contributed by atoms with Crippen molar-refractivity contribution >= 4 is 0 Å². The van der Waals surface area contributed by atoms with Crippen LogP contribution in [0.5, 0.6) is 0 Å². The molecular weight excluding hydrogens is 232 g/mol. The Morgan fingerprint density at radius 1 is 1.11 bits per heavy atom. The summed E-state index contributed by atoms with van der Waals surface area (Å²) in [6, 6.07) is 0. The molecule has 2 aliphatic heterocycles. The van der Waals surface area contributed by atoms with Gasteiger partial charge in [0.05, 0.1) is 26.4 Å². The van der Waals surface area contributed by atoms with E-state index in [0.29, 0.717) is 5.92 Å². The van der Waals surface area contributed by atoms with Gasteiger partial charge in [0, 0.05) is 45.9 Å². The Kier molecular flexibility index (Phi) is 6.37. The summed E-state index contributed by atoms with van der Waals surface area (Å²) in [7, 11) is 0. The first kappa shape index (κ1) is 14.2. The molecule has 106 valence electrons. The quantitative estimate of drug-likeness (QED) is 0.676. The van der Waals surface area contributed by atoms with E-state index in [1.54, 1.807) is 0 Å². The molecule has 5 nitrogen and oxygen atoms in total. The average Bonchev–Trinajstić information content (AvgIpc) is 2.90. The summed E-state index contributed by atoms with van der Waals surface area (Å²) < 4.78 is 10.8. The fourth-order valence-corrected chi connectivity index (χ4v) is 2.64. The maximum atomic E-state index is 9.14. The molecule has 0 aromatic heterocycles. The summed E-state index contributed by atoms with van der Waals surface area (Å²) in [6.45, 7) is 9.79. The Hall–Kier alpha value is -0.200. The Balaban J connectivity index is 1.67. The third-order valence-electron chi connectivity index (χ3n) is 3.79. The number of rotatable bonds is 7. The van der Waals surface area contributed by atoms with Gasteiger partial charge in [-0.25, -0.2) is 0 Å². The highest BCUT2D eigenvalue weighted by atomic mass is 16.5. The minimum atomic E-state index is 0.247. The molecule has 0 bridgehead atoms. The van der Waals surface area contributed by atoms with E-state index in [4.69, 9.17) is 14.6 Å². The highest BCUT2D eigenvalue weighted by molar-refractivity contribution is 4.72. The number of hydrogen-bond acceptors (Lipinski definition) is 5. The van der Waals surface area contributed by atoms with Crippen molar-refractivity contribution in [2.24, 2.45) is 5.92 Å². The van der Waals surface area contributed by atoms with Crippen molar-refractivity contribution in [2.75, 3.05) is 72.3 Å². The van der Waals surface area contributed by atoms with Crippen LogP contribution in [0.1, 0.15) is 6.42 Å². The van der Waals surface area contributed by atoms with Crippen LogP contribution in [0.15, 0.2) is 0 Å². The average molecular weight is 258 g/mol. The molecule has 1 N–H and O–H groups in total. The standard InChI is InChI=1S/C13H26N2O3/c16-7-4-15(11-13-1-8-18-12-13)3-2-14-5-9-17-10-6-14/h13,16H,1-12H2/t13-/m0/s1. The van der Waals surface area contributed by atoms with Crippen LogP contribution >= 0.6 is 0 Å². The monoisotopic (exact) mass is 258 g/mol. The molecular formula is C13H26N2O3. The van der Waals surface area contributed by atoms with E-state index in [9.17, 15) is 0 Å². The van der Waals surface area contributed by atoms with Gasteiger partial charge < -0.3 is 14.6 Å². The number of aliphatic hydroxyl groups excluding tert-OH is 1. The largest absolute Gasteiger partial charge is 0.395 e. The van der Waals surface area contributed by atoms with Crippen LogP contribution in [-0.4, -0.2) is 87.2 Å². The SMILES string of the molecule is OCCN(CCN1CCOCC1)C[C@@H]1CCOC1. The Bertz CT molecular complexity index is 216. The van der Waals surface area contributed by atoms with Gasteiger partial charge in [0.15, 0.2) is 0 Å². The smallest absolute Gasteiger partial charge is 0.0594 e. The van der Waals surface area contributed by atoms with E-state index in [2.05, 4.69) is 9.80 Å². The lowest BCUT2D eigenvalue weighted by molar-refractivity contribution is 0.0314. The lowest BCUT2D eigenvalue weighted by Gasteiger charge is -2.30. The maximum absolute atomic E-state index is 9.14. The first-order valence-electron chi connectivity index (χ1n) is 7.09. The summed E-state index contributed by atoms with van der Waals surface area (Å²) in [5.41, 5.74) is 0. The van der Waals surface area contributed by atoms with Crippen molar-refractivity contribution in [1.29, 1.82) is 0 Å². The van der Waals surface area contributed by atoms with Crippen molar-refractivity contribution in [3.8, 4) is 0 Å². The van der Waals surface area contributed by atoms with Crippen LogP contribution in [0.25, 0.3) is 0 Å². The fraction of sp³-hybridized carbons (Fsp3) is 1.00. The van der Waals surface area contributed by atoms with Gasteiger partial charge in [0.2, 0.25) is 0 Å². The van der Waals surface area contributed by atoms with Gasteiger partial charge in [-0.15, -0.1) is 0 Å². The molecule has 0 radical (unpaired) electrons. The molecule has 0 aromatic rings. The molecule has 0 saturated carbocycles. The minimum Gasteiger partial charge on any atom is -0.395 e. The topological polar surface area (TPSA) is 45.2 Å². The Morgan fingerprint density at radius 3 is 2.61 bits per heavy atom. The van der Waals surface area contributed by atoms with Crippen LogP contribution in [0.4, 0.5) is 0 Å². The molecule has 2 fully saturated rings. The van der Waals surface area contributed by atoms with Gasteiger partial charge in [-0.05, 0) is 12.3 Å². The molecule has 0 spiro atoms. The van der Waals surface area contributed by atoms with Crippen LogP contribution in [0.2, 0.25) is 0 Å². The second-order valence-electron chi connectivity index (χ2n) is 5.21. The van der Waals surface area contributed by atoms with E-state index in [1.807, 2.05) is 0 Å². The predicted octanol–water partition coefficient (Wildman–Crippen LogP) is -0.351. The van der Waals surface area contributed by atoms with Gasteiger partial charge in [0.25, 0.3) is 0 Å². The van der Waals surface area contributed by atoms with Crippen molar-refractivity contribution in [3.63, 3.8) is 0 Å². The normalized spacial score (nSPS) is 26.0. The van der Waals surface area contributed by atoms with Gasteiger partial charge in [-0.1, -0.05) is 0 Å². The summed E-state index contributed by atoms with van der Waals surface area (Å²) in [5.74, 6) is 0.654. The first-order valence-corrected chi connectivity index (χ1v) is 7.09. The zero-order chi connectivity index (χ0) is 12.6. The van der Waals surface area contributed by atoms with Gasteiger partial charge >= 0.3 is 0 Å². The third-order valence-corrected chi connectivity index (χ3v) is 3.79. The van der Waals surface area contributed by atoms with Crippen LogP contribution < -0.4 is 0 Å². The number of nitrogens with zero attached hydrogens (tertiary/aromatic N) is 2. The third kappa shape index (κ3) is 4.82. The van der Waals surface area contributed by atoms with Crippen molar-refractivity contribution in [3.05, 3.63) is 0 Å². The number of hydrogen-bond donors (Lipinski definition) is 1. The Labute approximate surface area is 110 Å². The summed E-state index contributed by atoms with van der Waals surface area (Å²) >= 11 is 0. The molecule has 0 aliphatic carbocycles. The lowest BCUT2D eigenvalue weighted by Crippen LogP contribution is -2.43. The second kappa shape index (κ2) is 8.07. The molecule has 0 amide bonds. The fourth-order valence-electron chi connectivity index (χ4n) is 2.64. The highest BCUT2D eigenvalue weighted by Gasteiger charge is 2.19. The predicted molar refractivity (Wildman–Crippen MR) is 69.7 cm³/mol. The molecule has 0 unspecified atom stereocenters. The van der Waals surface area contributed by atoms with Crippen molar-refractivity contribution in [1.82, 2.24) is 9.80 Å². The maximum Gasteiger partial charge on any atom is 0.0594 e. The van der Waals surface area contributed by atoms with E-state index >= 15 is 0 Å². The molecule has 2 saturated heterocycles. The van der Waals surface area contributed by atoms with Crippen LogP contribution in [-0.2, 0) is 9.47 Å². The van der Waals surface area contributed by atoms with Gasteiger partial charge in [-0.3, -0.25) is 9.80 Å². The van der Waals surface area contributed by atoms with E-state index in [-0.39, 0.29) is 6.61 Å². The number of ether oxygens (including phenoxy) is 2. The molecule has 2 rings (SSSR count). The zero-order valence-electron chi connectivity index (χ0n) is 11.2. The van der Waals surface area contributed by atoms with E-state index in [1.165, 1.54) is 6.42 Å². The highest BCUT2D eigenvalue weighted by Crippen LogP contribution is 2.13. The van der Waals surface area contributed by atoms with Crippen molar-refractivity contribution in [2.45, 2.75) is 6.42 Å². The number of aliphatic hydroxyl groups is 1. The molecule has 1 atom stereocenters. The summed E-state index contributed by atoms with van der Waals surface area (Å²) in [4.78, 5) is 4.81. The minimum absolute atomic E-state index is 0.247. The number of morpholine rings is 1. The van der Waals surface area contributed by atoms with Crippen LogP contribution in [0, 0.1) is 5.92 Å². The molecule has 18 heavy (non-hydrogen) atoms. The van der Waals surface area contributed by atoms with Gasteiger partial charge in [-0.2, -0.15) is 0 Å². The van der Waals surface area contributed by atoms with Gasteiger partial charge in [0.1, 0.15) is 0 Å².